The fourth-order valence-corrected chi connectivity index (χ4v) is 4.41. The molecule has 0 aromatic carbocycles. The van der Waals surface area contributed by atoms with E-state index in [1.54, 1.807) is 0 Å². The number of carbonyl (C=O) groups excluding carboxylic acids is 1. The molecule has 0 aromatic rings. The minimum absolute atomic E-state index is 0.0365. The van der Waals surface area contributed by atoms with Gasteiger partial charge in [0.15, 0.2) is 0 Å². The molecular weight excluding hydrogens is 268 g/mol. The van der Waals surface area contributed by atoms with Gasteiger partial charge in [-0.25, -0.2) is 0 Å². The van der Waals surface area contributed by atoms with Crippen molar-refractivity contribution in [3.8, 4) is 0 Å². The van der Waals surface area contributed by atoms with Crippen LogP contribution in [0.1, 0.15) is 59.8 Å². The molecule has 2 aliphatic heterocycles. The molecule has 0 amide bonds. The van der Waals surface area contributed by atoms with Gasteiger partial charge in [0.2, 0.25) is 0 Å². The Hall–Kier alpha value is -0.0200. The third-order valence-electron chi connectivity index (χ3n) is 5.34. The molecule has 0 N–H and O–H groups in total. The first-order chi connectivity index (χ1) is 9.32. The van der Waals surface area contributed by atoms with Gasteiger partial charge in [0.25, 0.3) is 0 Å². The number of thioether (sulfide) groups is 1. The predicted octanol–water partition coefficient (Wildman–Crippen LogP) is 4.32. The van der Waals surface area contributed by atoms with Crippen molar-refractivity contribution in [2.75, 3.05) is 18.1 Å². The Morgan fingerprint density at radius 2 is 2.00 bits per heavy atom. The van der Waals surface area contributed by atoms with Gasteiger partial charge in [-0.3, -0.25) is 4.79 Å². The molecule has 0 radical (unpaired) electrons. The summed E-state index contributed by atoms with van der Waals surface area (Å²) >= 11 is 2.02. The summed E-state index contributed by atoms with van der Waals surface area (Å²) in [5.74, 6) is 3.57. The molecule has 2 fully saturated rings. The molecule has 2 nitrogen and oxygen atoms in total. The number of carbonyl (C=O) groups is 1. The Bertz CT molecular complexity index is 334. The van der Waals surface area contributed by atoms with Crippen molar-refractivity contribution >= 4 is 17.5 Å². The van der Waals surface area contributed by atoms with Crippen molar-refractivity contribution in [3.63, 3.8) is 0 Å². The number of hydrogen-bond acceptors (Lipinski definition) is 3. The van der Waals surface area contributed by atoms with Crippen LogP contribution in [0.3, 0.4) is 0 Å². The van der Waals surface area contributed by atoms with Crippen molar-refractivity contribution in [2.24, 2.45) is 17.3 Å². The van der Waals surface area contributed by atoms with Crippen molar-refractivity contribution in [2.45, 2.75) is 65.4 Å². The maximum atomic E-state index is 12.6. The summed E-state index contributed by atoms with van der Waals surface area (Å²) in [6, 6.07) is 0. The number of ether oxygens (including phenoxy) is 1. The molecule has 2 rings (SSSR count). The van der Waals surface area contributed by atoms with Crippen LogP contribution in [0.5, 0.6) is 0 Å². The first-order valence-electron chi connectivity index (χ1n) is 8.07. The van der Waals surface area contributed by atoms with Crippen molar-refractivity contribution < 1.29 is 9.53 Å². The van der Waals surface area contributed by atoms with E-state index in [1.165, 1.54) is 11.5 Å². The van der Waals surface area contributed by atoms with E-state index in [4.69, 9.17) is 4.74 Å². The number of ketones is 1. The van der Waals surface area contributed by atoms with Crippen LogP contribution in [-0.4, -0.2) is 29.5 Å². The maximum absolute atomic E-state index is 12.6. The molecule has 0 bridgehead atoms. The fourth-order valence-electron chi connectivity index (χ4n) is 3.17. The Kier molecular flexibility index (Phi) is 5.23. The van der Waals surface area contributed by atoms with E-state index in [1.807, 2.05) is 11.8 Å². The second kappa shape index (κ2) is 6.39. The van der Waals surface area contributed by atoms with Crippen molar-refractivity contribution in [1.82, 2.24) is 0 Å². The van der Waals surface area contributed by atoms with Crippen LogP contribution in [0, 0.1) is 17.3 Å². The number of hydrogen-bond donors (Lipinski definition) is 0. The molecule has 2 saturated heterocycles. The van der Waals surface area contributed by atoms with E-state index in [0.29, 0.717) is 11.7 Å². The third-order valence-corrected chi connectivity index (χ3v) is 6.32. The molecular formula is C17H30O2S. The highest BCUT2D eigenvalue weighted by Gasteiger charge is 2.41. The Balaban J connectivity index is 1.93. The van der Waals surface area contributed by atoms with Gasteiger partial charge in [0.05, 0.1) is 5.60 Å². The molecule has 20 heavy (non-hydrogen) atoms. The van der Waals surface area contributed by atoms with Gasteiger partial charge in [-0.05, 0) is 48.5 Å². The van der Waals surface area contributed by atoms with Crippen LogP contribution in [0.15, 0.2) is 0 Å². The lowest BCUT2D eigenvalue weighted by molar-refractivity contribution is -0.139. The van der Waals surface area contributed by atoms with Gasteiger partial charge in [-0.1, -0.05) is 27.7 Å². The summed E-state index contributed by atoms with van der Waals surface area (Å²) in [6.07, 6.45) is 4.92. The van der Waals surface area contributed by atoms with Crippen LogP contribution in [0.4, 0.5) is 0 Å². The summed E-state index contributed by atoms with van der Waals surface area (Å²) in [7, 11) is 0. The molecule has 2 heterocycles. The normalized spacial score (nSPS) is 28.3. The second-order valence-corrected chi connectivity index (χ2v) is 9.00. The van der Waals surface area contributed by atoms with Crippen LogP contribution < -0.4 is 0 Å². The van der Waals surface area contributed by atoms with Crippen molar-refractivity contribution in [1.29, 1.82) is 0 Å². The molecule has 2 unspecified atom stereocenters. The molecule has 2 aliphatic rings. The lowest BCUT2D eigenvalue weighted by Crippen LogP contribution is -2.44. The number of rotatable bonds is 3. The van der Waals surface area contributed by atoms with Gasteiger partial charge in [-0.2, -0.15) is 11.8 Å². The Morgan fingerprint density at radius 1 is 1.35 bits per heavy atom. The lowest BCUT2D eigenvalue weighted by atomic mass is 9.74. The van der Waals surface area contributed by atoms with Gasteiger partial charge in [0, 0.05) is 18.9 Å². The summed E-state index contributed by atoms with van der Waals surface area (Å²) in [5, 5.41) is 0. The van der Waals surface area contributed by atoms with Crippen LogP contribution in [0.25, 0.3) is 0 Å². The minimum Gasteiger partial charge on any atom is -0.375 e. The van der Waals surface area contributed by atoms with E-state index in [2.05, 4.69) is 27.7 Å². The average molecular weight is 298 g/mol. The van der Waals surface area contributed by atoms with Gasteiger partial charge in [-0.15, -0.1) is 0 Å². The van der Waals surface area contributed by atoms with Crippen molar-refractivity contribution in [3.05, 3.63) is 0 Å². The highest BCUT2D eigenvalue weighted by Crippen LogP contribution is 2.41. The molecule has 2 atom stereocenters. The van der Waals surface area contributed by atoms with E-state index < -0.39 is 0 Å². The topological polar surface area (TPSA) is 26.3 Å². The summed E-state index contributed by atoms with van der Waals surface area (Å²) < 4.78 is 6.09. The van der Waals surface area contributed by atoms with Gasteiger partial charge in [0.1, 0.15) is 5.78 Å². The molecule has 1 spiro atoms. The first kappa shape index (κ1) is 16.4. The molecule has 116 valence electrons. The predicted molar refractivity (Wildman–Crippen MR) is 86.2 cm³/mol. The molecule has 0 aliphatic carbocycles. The standard InChI is InChI=1S/C17H30O2S/c1-13(16(2,3)4)11-15(18)14-5-8-19-17(12-14)6-9-20-10-7-17/h13-14H,5-12H2,1-4H3. The van der Waals surface area contributed by atoms with E-state index in [9.17, 15) is 4.79 Å². The van der Waals surface area contributed by atoms with Crippen LogP contribution >= 0.6 is 11.8 Å². The second-order valence-electron chi connectivity index (χ2n) is 7.77. The molecule has 0 saturated carbocycles. The lowest BCUT2D eigenvalue weighted by Gasteiger charge is -2.43. The van der Waals surface area contributed by atoms with E-state index >= 15 is 0 Å². The zero-order valence-electron chi connectivity index (χ0n) is 13.5. The maximum Gasteiger partial charge on any atom is 0.136 e. The SMILES string of the molecule is CC(CC(=O)C1CCOC2(CCSCC2)C1)C(C)(C)C. The highest BCUT2D eigenvalue weighted by atomic mass is 32.2. The van der Waals surface area contributed by atoms with E-state index in [-0.39, 0.29) is 16.9 Å². The quantitative estimate of drug-likeness (QED) is 0.776. The highest BCUT2D eigenvalue weighted by molar-refractivity contribution is 7.99. The van der Waals surface area contributed by atoms with Gasteiger partial charge < -0.3 is 4.74 Å². The zero-order chi connectivity index (χ0) is 14.8. The average Bonchev–Trinajstić information content (AvgIpc) is 2.38. The van der Waals surface area contributed by atoms with Crippen LogP contribution in [0.2, 0.25) is 0 Å². The monoisotopic (exact) mass is 298 g/mol. The van der Waals surface area contributed by atoms with E-state index in [0.717, 1.165) is 38.7 Å². The van der Waals surface area contributed by atoms with Crippen LogP contribution in [-0.2, 0) is 9.53 Å². The fraction of sp³-hybridized carbons (Fsp3) is 0.941. The summed E-state index contributed by atoms with van der Waals surface area (Å²) in [4.78, 5) is 12.6. The first-order valence-corrected chi connectivity index (χ1v) is 9.22. The Morgan fingerprint density at radius 3 is 2.60 bits per heavy atom. The molecule has 3 heteroatoms. The van der Waals surface area contributed by atoms with Gasteiger partial charge >= 0.3 is 0 Å². The smallest absolute Gasteiger partial charge is 0.136 e. The Labute approximate surface area is 128 Å². The minimum atomic E-state index is 0.0365. The number of Topliss-reactive ketones (excluding diaryl/α,β-unsaturated/α-hetero) is 1. The largest absolute Gasteiger partial charge is 0.375 e. The summed E-state index contributed by atoms with van der Waals surface area (Å²) in [6.45, 7) is 9.69. The summed E-state index contributed by atoms with van der Waals surface area (Å²) in [5.41, 5.74) is 0.259. The molecule has 0 aromatic heterocycles. The zero-order valence-corrected chi connectivity index (χ0v) is 14.4. The third kappa shape index (κ3) is 4.00.